The highest BCUT2D eigenvalue weighted by Gasteiger charge is 2.26. The van der Waals surface area contributed by atoms with E-state index in [2.05, 4.69) is 42.7 Å². The molecule has 160 valence electrons. The Morgan fingerprint density at radius 1 is 0.833 bits per heavy atom. The molecule has 2 aromatic carbocycles. The Labute approximate surface area is 179 Å². The molecule has 0 aromatic heterocycles. The molecule has 1 aliphatic rings. The molecule has 0 radical (unpaired) electrons. The predicted octanol–water partition coefficient (Wildman–Crippen LogP) is -0.404. The molecule has 1 fully saturated rings. The van der Waals surface area contributed by atoms with Crippen molar-refractivity contribution in [3.05, 3.63) is 65.2 Å². The Hall–Kier alpha value is -2.70. The van der Waals surface area contributed by atoms with Gasteiger partial charge in [-0.2, -0.15) is 0 Å². The van der Waals surface area contributed by atoms with Gasteiger partial charge in [-0.1, -0.05) is 49.4 Å². The number of benzene rings is 2. The van der Waals surface area contributed by atoms with E-state index in [4.69, 9.17) is 0 Å². The first-order chi connectivity index (χ1) is 14.5. The monoisotopic (exact) mass is 410 g/mol. The summed E-state index contributed by atoms with van der Waals surface area (Å²) in [7, 11) is 0. The number of para-hydroxylation sites is 1. The second kappa shape index (κ2) is 10.9. The van der Waals surface area contributed by atoms with E-state index in [1.807, 2.05) is 30.3 Å². The van der Waals surface area contributed by atoms with Crippen molar-refractivity contribution in [2.24, 2.45) is 0 Å². The molecule has 1 aliphatic heterocycles. The average Bonchev–Trinajstić information content (AvgIpc) is 2.75. The number of hydrogen-bond acceptors (Lipinski definition) is 2. The number of rotatable bonds is 8. The Kier molecular flexibility index (Phi) is 7.99. The van der Waals surface area contributed by atoms with Crippen molar-refractivity contribution in [3.8, 4) is 0 Å². The average molecular weight is 411 g/mol. The maximum Gasteiger partial charge on any atom is 0.279 e. The largest absolute Gasteiger partial charge is 0.347 e. The van der Waals surface area contributed by atoms with Crippen LogP contribution < -0.4 is 20.4 Å². The summed E-state index contributed by atoms with van der Waals surface area (Å²) in [6.45, 7) is 9.33. The number of piperazine rings is 1. The first-order valence-electron chi connectivity index (χ1n) is 10.9. The normalized spacial score (nSPS) is 18.6. The zero-order chi connectivity index (χ0) is 21.3. The lowest BCUT2D eigenvalue weighted by Gasteiger charge is -2.29. The minimum atomic E-state index is 0.0605. The zero-order valence-electron chi connectivity index (χ0n) is 18.1. The molecule has 4 N–H and O–H groups in total. The molecule has 6 heteroatoms. The van der Waals surface area contributed by atoms with Crippen LogP contribution in [0.15, 0.2) is 48.5 Å². The molecule has 2 aromatic rings. The molecule has 0 aliphatic carbocycles. The van der Waals surface area contributed by atoms with Gasteiger partial charge in [-0.3, -0.25) is 9.59 Å². The van der Waals surface area contributed by atoms with Gasteiger partial charge >= 0.3 is 0 Å². The van der Waals surface area contributed by atoms with Crippen LogP contribution >= 0.6 is 0 Å². The first kappa shape index (κ1) is 22.0. The summed E-state index contributed by atoms with van der Waals surface area (Å²) >= 11 is 0. The molecule has 6 nitrogen and oxygen atoms in total. The summed E-state index contributed by atoms with van der Waals surface area (Å²) < 4.78 is 0. The number of quaternary nitrogens is 2. The number of amides is 2. The van der Waals surface area contributed by atoms with Gasteiger partial charge in [0.25, 0.3) is 11.8 Å². The maximum atomic E-state index is 12.5. The number of anilines is 1. The Morgan fingerprint density at radius 3 is 2.03 bits per heavy atom. The SMILES string of the molecule is CCc1ccccc1NC(=O)C[NH+]1CC[NH+](CC(=O)NCc2ccccc2C)CC1. The maximum absolute atomic E-state index is 12.5. The zero-order valence-corrected chi connectivity index (χ0v) is 18.1. The third-order valence-corrected chi connectivity index (χ3v) is 5.89. The van der Waals surface area contributed by atoms with Crippen molar-refractivity contribution in [3.63, 3.8) is 0 Å². The van der Waals surface area contributed by atoms with Crippen LogP contribution in [0.25, 0.3) is 0 Å². The van der Waals surface area contributed by atoms with Crippen LogP contribution in [-0.4, -0.2) is 51.1 Å². The van der Waals surface area contributed by atoms with Gasteiger partial charge in [-0.25, -0.2) is 0 Å². The van der Waals surface area contributed by atoms with E-state index in [1.54, 1.807) is 0 Å². The summed E-state index contributed by atoms with van der Waals surface area (Å²) in [6, 6.07) is 16.1. The molecule has 0 spiro atoms. The van der Waals surface area contributed by atoms with E-state index in [9.17, 15) is 9.59 Å². The number of carbonyl (C=O) groups is 2. The van der Waals surface area contributed by atoms with Gasteiger partial charge in [-0.15, -0.1) is 0 Å². The summed E-state index contributed by atoms with van der Waals surface area (Å²) in [4.78, 5) is 27.3. The van der Waals surface area contributed by atoms with E-state index < -0.39 is 0 Å². The van der Waals surface area contributed by atoms with Gasteiger partial charge in [-0.05, 0) is 36.1 Å². The number of carbonyl (C=O) groups excluding carboxylic acids is 2. The third-order valence-electron chi connectivity index (χ3n) is 5.89. The quantitative estimate of drug-likeness (QED) is 0.478. The highest BCUT2D eigenvalue weighted by Crippen LogP contribution is 2.14. The number of aryl methyl sites for hydroxylation is 2. The minimum absolute atomic E-state index is 0.0605. The highest BCUT2D eigenvalue weighted by atomic mass is 16.2. The highest BCUT2D eigenvalue weighted by molar-refractivity contribution is 5.92. The Bertz CT molecular complexity index is 860. The standard InChI is InChI=1S/C24H32N4O2/c1-3-20-9-6-7-11-22(20)26-24(30)18-28-14-12-27(13-15-28)17-23(29)25-16-21-10-5-4-8-19(21)2/h4-11H,3,12-18H2,1-2H3,(H,25,29)(H,26,30)/p+2. The van der Waals surface area contributed by atoms with E-state index in [0.29, 0.717) is 19.6 Å². The van der Waals surface area contributed by atoms with Crippen molar-refractivity contribution in [2.45, 2.75) is 26.8 Å². The summed E-state index contributed by atoms with van der Waals surface area (Å²) in [5.74, 6) is 0.149. The summed E-state index contributed by atoms with van der Waals surface area (Å²) in [6.07, 6.45) is 0.900. The van der Waals surface area contributed by atoms with E-state index in [1.165, 1.54) is 15.4 Å². The molecule has 0 atom stereocenters. The predicted molar refractivity (Wildman–Crippen MR) is 119 cm³/mol. The van der Waals surface area contributed by atoms with E-state index in [-0.39, 0.29) is 11.8 Å². The lowest BCUT2D eigenvalue weighted by Crippen LogP contribution is -3.28. The van der Waals surface area contributed by atoms with Crippen LogP contribution in [0, 0.1) is 6.92 Å². The van der Waals surface area contributed by atoms with Crippen LogP contribution in [0.5, 0.6) is 0 Å². The van der Waals surface area contributed by atoms with Crippen LogP contribution in [0.4, 0.5) is 5.69 Å². The first-order valence-corrected chi connectivity index (χ1v) is 10.9. The van der Waals surface area contributed by atoms with E-state index in [0.717, 1.165) is 49.4 Å². The molecule has 1 saturated heterocycles. The molecule has 1 heterocycles. The number of hydrogen-bond donors (Lipinski definition) is 4. The second-order valence-electron chi connectivity index (χ2n) is 8.12. The molecule has 0 saturated carbocycles. The van der Waals surface area contributed by atoms with Crippen molar-refractivity contribution < 1.29 is 19.4 Å². The van der Waals surface area contributed by atoms with Crippen molar-refractivity contribution >= 4 is 17.5 Å². The van der Waals surface area contributed by atoms with Crippen LogP contribution in [0.3, 0.4) is 0 Å². The minimum Gasteiger partial charge on any atom is -0.347 e. The van der Waals surface area contributed by atoms with Crippen LogP contribution in [0.1, 0.15) is 23.6 Å². The Balaban J connectivity index is 1.37. The lowest BCUT2D eigenvalue weighted by molar-refractivity contribution is -1.00. The molecular weight excluding hydrogens is 376 g/mol. The van der Waals surface area contributed by atoms with Gasteiger partial charge < -0.3 is 20.4 Å². The molecule has 2 amide bonds. The molecular formula is C24H34N4O2+2. The third kappa shape index (κ3) is 6.40. The molecule has 0 unspecified atom stereocenters. The molecule has 3 rings (SSSR count). The van der Waals surface area contributed by atoms with Gasteiger partial charge in [0.1, 0.15) is 26.2 Å². The Morgan fingerprint density at radius 2 is 1.40 bits per heavy atom. The lowest BCUT2D eigenvalue weighted by atomic mass is 10.1. The topological polar surface area (TPSA) is 67.1 Å². The summed E-state index contributed by atoms with van der Waals surface area (Å²) in [5, 5.41) is 6.10. The van der Waals surface area contributed by atoms with Crippen LogP contribution in [0.2, 0.25) is 0 Å². The molecule has 30 heavy (non-hydrogen) atoms. The van der Waals surface area contributed by atoms with Crippen molar-refractivity contribution in [2.75, 3.05) is 44.6 Å². The van der Waals surface area contributed by atoms with Gasteiger partial charge in [0.2, 0.25) is 0 Å². The fraction of sp³-hybridized carbons (Fsp3) is 0.417. The fourth-order valence-corrected chi connectivity index (χ4v) is 3.97. The number of nitrogens with one attached hydrogen (secondary N) is 4. The fourth-order valence-electron chi connectivity index (χ4n) is 3.97. The van der Waals surface area contributed by atoms with Crippen LogP contribution in [-0.2, 0) is 22.6 Å². The second-order valence-corrected chi connectivity index (χ2v) is 8.12. The van der Waals surface area contributed by atoms with Crippen molar-refractivity contribution in [1.82, 2.24) is 5.32 Å². The van der Waals surface area contributed by atoms with E-state index >= 15 is 0 Å². The van der Waals surface area contributed by atoms with Gasteiger partial charge in [0.05, 0.1) is 0 Å². The molecule has 0 bridgehead atoms. The smallest absolute Gasteiger partial charge is 0.279 e. The van der Waals surface area contributed by atoms with Crippen molar-refractivity contribution in [1.29, 1.82) is 0 Å². The van der Waals surface area contributed by atoms with Gasteiger partial charge in [0.15, 0.2) is 13.1 Å². The summed E-state index contributed by atoms with van der Waals surface area (Å²) in [5.41, 5.74) is 4.43. The van der Waals surface area contributed by atoms with Gasteiger partial charge in [0, 0.05) is 12.2 Å².